The normalized spacial score (nSPS) is 21.9. The van der Waals surface area contributed by atoms with E-state index in [1.165, 1.54) is 64.7 Å². The molecule has 0 saturated carbocycles. The number of hydrogen-bond donors (Lipinski definition) is 1. The molecule has 1 unspecified atom stereocenters. The summed E-state index contributed by atoms with van der Waals surface area (Å²) in [6.45, 7) is 6.64. The van der Waals surface area contributed by atoms with Gasteiger partial charge in [0.05, 0.1) is 13.2 Å². The van der Waals surface area contributed by atoms with Gasteiger partial charge in [-0.3, -0.25) is 0 Å². The summed E-state index contributed by atoms with van der Waals surface area (Å²) < 4.78 is 11.8. The van der Waals surface area contributed by atoms with Crippen LogP contribution in [0.5, 0.6) is 5.75 Å². The van der Waals surface area contributed by atoms with Crippen molar-refractivity contribution in [3.05, 3.63) is 24.3 Å². The van der Waals surface area contributed by atoms with Crippen molar-refractivity contribution in [1.29, 1.82) is 0 Å². The summed E-state index contributed by atoms with van der Waals surface area (Å²) >= 11 is 10.7. The highest BCUT2D eigenvalue weighted by Gasteiger charge is 2.26. The zero-order chi connectivity index (χ0) is 19.1. The Kier molecular flexibility index (Phi) is 8.49. The lowest BCUT2D eigenvalue weighted by Crippen LogP contribution is -2.44. The fraction of sp³-hybridized carbons (Fsp3) is 0.700. The van der Waals surface area contributed by atoms with Crippen LogP contribution in [0.4, 0.5) is 0 Å². The quantitative estimate of drug-likeness (QED) is 0.500. The summed E-state index contributed by atoms with van der Waals surface area (Å²) in [5.41, 5.74) is -2.35. The monoisotopic (exact) mass is 428 g/mol. The maximum atomic E-state index is 6.57. The second kappa shape index (κ2) is 10.6. The van der Waals surface area contributed by atoms with Gasteiger partial charge in [0.15, 0.2) is 0 Å². The van der Waals surface area contributed by atoms with Gasteiger partial charge in [0, 0.05) is 18.4 Å². The summed E-state index contributed by atoms with van der Waals surface area (Å²) in [6, 6.07) is 7.90. The van der Waals surface area contributed by atoms with E-state index in [-0.39, 0.29) is 6.10 Å². The number of nitrogens with zero attached hydrogens (tertiary/aromatic N) is 2. The number of ether oxygens (including phenoxy) is 1. The predicted molar refractivity (Wildman–Crippen MR) is 121 cm³/mol. The third-order valence-electron chi connectivity index (χ3n) is 5.51. The molecule has 0 bridgehead atoms. The largest absolute Gasteiger partial charge is 0.497 e. The molecule has 2 saturated heterocycles. The average molecular weight is 429 g/mol. The first-order valence-corrected chi connectivity index (χ1v) is 14.0. The van der Waals surface area contributed by atoms with E-state index in [9.17, 15) is 0 Å². The van der Waals surface area contributed by atoms with Crippen molar-refractivity contribution < 1.29 is 9.26 Å². The smallest absolute Gasteiger partial charge is 0.146 e. The first-order chi connectivity index (χ1) is 13.1. The maximum absolute atomic E-state index is 6.57. The van der Waals surface area contributed by atoms with Gasteiger partial charge < -0.3 is 19.1 Å². The molecule has 27 heavy (non-hydrogen) atoms. The van der Waals surface area contributed by atoms with Gasteiger partial charge in [0.25, 0.3) is 0 Å². The zero-order valence-corrected chi connectivity index (χ0v) is 19.0. The fourth-order valence-corrected chi connectivity index (χ4v) is 6.73. The van der Waals surface area contributed by atoms with Crippen molar-refractivity contribution >= 4 is 34.8 Å². The number of likely N-dealkylation sites (tertiary alicyclic amines) is 2. The van der Waals surface area contributed by atoms with Crippen LogP contribution in [0.1, 0.15) is 38.5 Å². The van der Waals surface area contributed by atoms with E-state index < -0.39 is 5.47 Å². The lowest BCUT2D eigenvalue weighted by atomic mass is 10.1. The van der Waals surface area contributed by atoms with Crippen LogP contribution in [0, 0.1) is 0 Å². The van der Waals surface area contributed by atoms with Gasteiger partial charge >= 0.3 is 0 Å². The van der Waals surface area contributed by atoms with E-state index in [0.717, 1.165) is 24.1 Å². The molecule has 0 aromatic heterocycles. The Balaban J connectivity index is 1.68. The predicted octanol–water partition coefficient (Wildman–Crippen LogP) is 3.92. The van der Waals surface area contributed by atoms with E-state index in [0.29, 0.717) is 0 Å². The second-order valence-corrected chi connectivity index (χ2v) is 13.5. The van der Waals surface area contributed by atoms with Crippen molar-refractivity contribution in [2.45, 2.75) is 44.6 Å². The molecular formula is C20H33N2O2PS2. The van der Waals surface area contributed by atoms with Gasteiger partial charge in [-0.15, -0.1) is 12.2 Å². The molecule has 4 nitrogen and oxygen atoms in total. The van der Waals surface area contributed by atoms with Gasteiger partial charge in [-0.1, -0.05) is 24.6 Å². The van der Waals surface area contributed by atoms with Crippen molar-refractivity contribution in [2.24, 2.45) is 0 Å². The minimum absolute atomic E-state index is 0.117. The minimum Gasteiger partial charge on any atom is -0.497 e. The topological polar surface area (TPSA) is 24.9 Å². The molecule has 1 aromatic carbocycles. The lowest BCUT2D eigenvalue weighted by molar-refractivity contribution is 0.0868. The Hall–Kier alpha value is -0.100. The van der Waals surface area contributed by atoms with Gasteiger partial charge in [0.1, 0.15) is 11.2 Å². The van der Waals surface area contributed by atoms with Crippen LogP contribution in [0.15, 0.2) is 24.3 Å². The molecule has 1 aromatic rings. The average Bonchev–Trinajstić information content (AvgIpc) is 2.69. The lowest BCUT2D eigenvalue weighted by Gasteiger charge is -2.36. The molecule has 2 aliphatic heterocycles. The summed E-state index contributed by atoms with van der Waals surface area (Å²) in [5, 5.41) is 1.00. The molecule has 2 fully saturated rings. The van der Waals surface area contributed by atoms with Crippen molar-refractivity contribution in [3.8, 4) is 5.75 Å². The first kappa shape index (κ1) is 21.6. The number of thiol groups is 1. The SMILES string of the molecule is COc1ccc(P(=S)(S)OC(CN2CCCCC2)CN2CCCCC2)cc1. The van der Waals surface area contributed by atoms with E-state index in [1.54, 1.807) is 7.11 Å². The number of methoxy groups -OCH3 is 1. The molecule has 0 radical (unpaired) electrons. The summed E-state index contributed by atoms with van der Waals surface area (Å²) in [4.78, 5) is 5.10. The van der Waals surface area contributed by atoms with Crippen LogP contribution in [0.3, 0.4) is 0 Å². The van der Waals surface area contributed by atoms with Gasteiger partial charge in [-0.05, 0) is 76.1 Å². The molecule has 2 heterocycles. The molecule has 2 aliphatic rings. The van der Waals surface area contributed by atoms with Gasteiger partial charge in [0.2, 0.25) is 0 Å². The van der Waals surface area contributed by atoms with Gasteiger partial charge in [-0.2, -0.15) is 0 Å². The van der Waals surface area contributed by atoms with Crippen molar-refractivity contribution in [3.63, 3.8) is 0 Å². The molecule has 3 rings (SSSR count). The molecule has 0 amide bonds. The van der Waals surface area contributed by atoms with Crippen LogP contribution >= 0.6 is 17.7 Å². The minimum atomic E-state index is -2.35. The Labute approximate surface area is 174 Å². The summed E-state index contributed by atoms with van der Waals surface area (Å²) in [5.74, 6) is 0.834. The maximum Gasteiger partial charge on any atom is 0.146 e. The Bertz CT molecular complexity index is 597. The second-order valence-electron chi connectivity index (χ2n) is 7.67. The van der Waals surface area contributed by atoms with E-state index >= 15 is 0 Å². The zero-order valence-electron chi connectivity index (χ0n) is 16.4. The highest BCUT2D eigenvalue weighted by Crippen LogP contribution is 2.52. The number of rotatable bonds is 8. The highest BCUT2D eigenvalue weighted by atomic mass is 32.9. The van der Waals surface area contributed by atoms with Crippen molar-refractivity contribution in [1.82, 2.24) is 9.80 Å². The van der Waals surface area contributed by atoms with E-state index in [4.69, 9.17) is 33.3 Å². The Morgan fingerprint density at radius 1 is 0.926 bits per heavy atom. The van der Waals surface area contributed by atoms with E-state index in [1.807, 2.05) is 24.3 Å². The number of piperidine rings is 2. The van der Waals surface area contributed by atoms with Crippen LogP contribution < -0.4 is 10.0 Å². The Morgan fingerprint density at radius 3 is 1.85 bits per heavy atom. The fourth-order valence-electron chi connectivity index (χ4n) is 4.02. The van der Waals surface area contributed by atoms with Crippen molar-refractivity contribution in [2.75, 3.05) is 46.4 Å². The molecule has 0 spiro atoms. The molecule has 1 atom stereocenters. The molecule has 152 valence electrons. The number of benzene rings is 1. The third-order valence-corrected chi connectivity index (χ3v) is 8.91. The molecule has 0 N–H and O–H groups in total. The highest BCUT2D eigenvalue weighted by molar-refractivity contribution is 8.64. The molecular weight excluding hydrogens is 395 g/mol. The van der Waals surface area contributed by atoms with E-state index in [2.05, 4.69) is 9.80 Å². The number of hydrogen-bond acceptors (Lipinski definition) is 5. The molecule has 0 aliphatic carbocycles. The summed E-state index contributed by atoms with van der Waals surface area (Å²) in [6.07, 6.45) is 8.00. The summed E-state index contributed by atoms with van der Waals surface area (Å²) in [7, 11) is 1.68. The van der Waals surface area contributed by atoms with Crippen LogP contribution in [0.25, 0.3) is 0 Å². The third kappa shape index (κ3) is 6.73. The van der Waals surface area contributed by atoms with Crippen LogP contribution in [-0.4, -0.2) is 62.3 Å². The van der Waals surface area contributed by atoms with Crippen LogP contribution in [-0.2, 0) is 16.3 Å². The standard InChI is InChI=1S/C20H33N2O2PS2/c1-23-18-8-10-20(11-9-18)25(26,27)24-19(16-21-12-4-2-5-13-21)17-22-14-6-3-7-15-22/h8-11,19H,2-7,12-17H2,1H3,(H,26,27). The van der Waals surface area contributed by atoms with Gasteiger partial charge in [-0.25, -0.2) is 0 Å². The molecule has 7 heteroatoms. The Morgan fingerprint density at radius 2 is 1.41 bits per heavy atom. The first-order valence-electron chi connectivity index (χ1n) is 10.2. The van der Waals surface area contributed by atoms with Crippen LogP contribution in [0.2, 0.25) is 0 Å².